The summed E-state index contributed by atoms with van der Waals surface area (Å²) in [6, 6.07) is 8.03. The lowest BCUT2D eigenvalue weighted by Crippen LogP contribution is -2.42. The van der Waals surface area contributed by atoms with E-state index in [0.29, 0.717) is 36.6 Å². The molecule has 0 saturated carbocycles. The monoisotopic (exact) mass is 367 g/mol. The van der Waals surface area contributed by atoms with Gasteiger partial charge in [-0.1, -0.05) is 18.2 Å². The summed E-state index contributed by atoms with van der Waals surface area (Å²) < 4.78 is 7.55. The molecule has 1 aromatic carbocycles. The number of likely N-dealkylation sites (tertiary alicyclic amines) is 1. The Morgan fingerprint density at radius 2 is 2.26 bits per heavy atom. The molecule has 2 N–H and O–H groups in total. The largest absolute Gasteiger partial charge is 0.493 e. The lowest BCUT2D eigenvalue weighted by Gasteiger charge is -2.38. The Morgan fingerprint density at radius 1 is 1.41 bits per heavy atom. The topological polar surface area (TPSA) is 96.3 Å². The molecule has 0 unspecified atom stereocenters. The Kier molecular flexibility index (Phi) is 3.60. The van der Waals surface area contributed by atoms with E-state index >= 15 is 0 Å². The summed E-state index contributed by atoms with van der Waals surface area (Å²) >= 11 is 0. The van der Waals surface area contributed by atoms with Crippen molar-refractivity contribution < 1.29 is 9.84 Å². The average molecular weight is 367 g/mol. The molecule has 140 valence electrons. The predicted octanol–water partition coefficient (Wildman–Crippen LogP) is 0.627. The number of aryl methyl sites for hydroxylation is 1. The molecule has 1 fully saturated rings. The van der Waals surface area contributed by atoms with Gasteiger partial charge in [-0.3, -0.25) is 14.4 Å². The number of nitrogens with zero attached hydrogens (tertiary/aromatic N) is 4. The molecular weight excluding hydrogens is 346 g/mol. The molecular formula is C19H21N5O3. The van der Waals surface area contributed by atoms with E-state index in [1.165, 1.54) is 6.20 Å². The smallest absolute Gasteiger partial charge is 0.262 e. The van der Waals surface area contributed by atoms with E-state index in [1.54, 1.807) is 11.7 Å². The summed E-state index contributed by atoms with van der Waals surface area (Å²) in [6.07, 6.45) is 1.53. The number of rotatable bonds is 3. The van der Waals surface area contributed by atoms with Gasteiger partial charge in [0.15, 0.2) is 5.65 Å². The van der Waals surface area contributed by atoms with Gasteiger partial charge in [0, 0.05) is 31.5 Å². The minimum Gasteiger partial charge on any atom is -0.493 e. The molecule has 0 bridgehead atoms. The van der Waals surface area contributed by atoms with E-state index < -0.39 is 0 Å². The van der Waals surface area contributed by atoms with Crippen LogP contribution in [0, 0.1) is 5.41 Å². The number of nitrogens with one attached hydrogen (secondary N) is 1. The zero-order valence-corrected chi connectivity index (χ0v) is 15.1. The summed E-state index contributed by atoms with van der Waals surface area (Å²) in [6.45, 7) is 2.54. The molecule has 0 amide bonds. The zero-order valence-electron chi connectivity index (χ0n) is 15.1. The SMILES string of the molecule is Cn1ncc2c(=O)[nH]c(CN3C[C@@H]4c5ccccc5OC[C@]4(CO)C3)nc21. The van der Waals surface area contributed by atoms with Crippen molar-refractivity contribution in [1.82, 2.24) is 24.6 Å². The number of ether oxygens (including phenoxy) is 1. The molecule has 3 aromatic rings. The fourth-order valence-corrected chi connectivity index (χ4v) is 4.46. The first kappa shape index (κ1) is 16.5. The van der Waals surface area contributed by atoms with Crippen LogP contribution >= 0.6 is 0 Å². The highest BCUT2D eigenvalue weighted by Gasteiger charge is 2.50. The molecule has 2 atom stereocenters. The van der Waals surface area contributed by atoms with Crippen molar-refractivity contribution >= 4 is 11.0 Å². The van der Waals surface area contributed by atoms with Gasteiger partial charge in [-0.15, -0.1) is 0 Å². The molecule has 2 aliphatic heterocycles. The maximum absolute atomic E-state index is 12.3. The van der Waals surface area contributed by atoms with E-state index in [0.717, 1.165) is 17.9 Å². The number of aromatic amines is 1. The molecule has 5 rings (SSSR count). The lowest BCUT2D eigenvalue weighted by molar-refractivity contribution is 0.0456. The maximum atomic E-state index is 12.3. The standard InChI is InChI=1S/C19H21N5O3/c1-23-17-13(6-20-23)18(26)22-16(21-17)8-24-7-14-12-4-2-3-5-15(12)27-11-19(14,9-24)10-25/h2-6,14,25H,7-11H2,1H3,(H,21,22,26)/t14-,19-/m1/s1. The van der Waals surface area contributed by atoms with Crippen LogP contribution in [0.2, 0.25) is 0 Å². The molecule has 1 saturated heterocycles. The van der Waals surface area contributed by atoms with Crippen LogP contribution in [0.3, 0.4) is 0 Å². The molecule has 0 radical (unpaired) electrons. The van der Waals surface area contributed by atoms with Crippen LogP contribution in [0.1, 0.15) is 17.3 Å². The third kappa shape index (κ3) is 2.48. The Morgan fingerprint density at radius 3 is 3.11 bits per heavy atom. The number of aliphatic hydroxyl groups is 1. The van der Waals surface area contributed by atoms with Gasteiger partial charge < -0.3 is 14.8 Å². The first-order valence-electron chi connectivity index (χ1n) is 9.05. The molecule has 0 spiro atoms. The van der Waals surface area contributed by atoms with Crippen LogP contribution in [0.15, 0.2) is 35.3 Å². The van der Waals surface area contributed by atoms with Gasteiger partial charge in [0.05, 0.1) is 26.0 Å². The normalized spacial score (nSPS) is 24.6. The van der Waals surface area contributed by atoms with E-state index in [1.807, 2.05) is 18.2 Å². The second kappa shape index (κ2) is 5.90. The first-order valence-corrected chi connectivity index (χ1v) is 9.05. The van der Waals surface area contributed by atoms with Gasteiger partial charge in [0.2, 0.25) is 0 Å². The highest BCUT2D eigenvalue weighted by atomic mass is 16.5. The average Bonchev–Trinajstić information content (AvgIpc) is 3.23. The molecule has 4 heterocycles. The van der Waals surface area contributed by atoms with Crippen molar-refractivity contribution in [2.75, 3.05) is 26.3 Å². The van der Waals surface area contributed by atoms with Crippen LogP contribution < -0.4 is 10.3 Å². The molecule has 2 aromatic heterocycles. The minimum atomic E-state index is -0.328. The third-order valence-electron chi connectivity index (χ3n) is 5.87. The number of para-hydroxylation sites is 1. The van der Waals surface area contributed by atoms with E-state index in [-0.39, 0.29) is 23.5 Å². The highest BCUT2D eigenvalue weighted by molar-refractivity contribution is 5.72. The lowest BCUT2D eigenvalue weighted by atomic mass is 9.74. The Balaban J connectivity index is 1.47. The number of benzene rings is 1. The zero-order chi connectivity index (χ0) is 18.6. The number of hydrogen-bond acceptors (Lipinski definition) is 6. The number of fused-ring (bicyclic) bond motifs is 4. The summed E-state index contributed by atoms with van der Waals surface area (Å²) in [7, 11) is 1.78. The molecule has 8 heteroatoms. The van der Waals surface area contributed by atoms with Gasteiger partial charge in [0.1, 0.15) is 17.0 Å². The fraction of sp³-hybridized carbons (Fsp3) is 0.421. The maximum Gasteiger partial charge on any atom is 0.262 e. The van der Waals surface area contributed by atoms with Gasteiger partial charge in [-0.05, 0) is 11.6 Å². The number of aromatic nitrogens is 4. The molecule has 8 nitrogen and oxygen atoms in total. The van der Waals surface area contributed by atoms with Crippen LogP contribution in [0.25, 0.3) is 11.0 Å². The van der Waals surface area contributed by atoms with E-state index in [4.69, 9.17) is 4.74 Å². The van der Waals surface area contributed by atoms with Crippen LogP contribution in [-0.4, -0.2) is 56.1 Å². The number of H-pyrrole nitrogens is 1. The van der Waals surface area contributed by atoms with Crippen LogP contribution in [0.4, 0.5) is 0 Å². The van der Waals surface area contributed by atoms with E-state index in [2.05, 4.69) is 26.0 Å². The quantitative estimate of drug-likeness (QED) is 0.705. The van der Waals surface area contributed by atoms with Crippen LogP contribution in [-0.2, 0) is 13.6 Å². The Labute approximate surface area is 155 Å². The van der Waals surface area contributed by atoms with Crippen LogP contribution in [0.5, 0.6) is 5.75 Å². The minimum absolute atomic E-state index is 0.0627. The van der Waals surface area contributed by atoms with Crippen molar-refractivity contribution in [1.29, 1.82) is 0 Å². The van der Waals surface area contributed by atoms with Crippen molar-refractivity contribution in [2.45, 2.75) is 12.5 Å². The summed E-state index contributed by atoms with van der Waals surface area (Å²) in [4.78, 5) is 22.0. The Bertz CT molecular complexity index is 1070. The van der Waals surface area contributed by atoms with Gasteiger partial charge in [-0.25, -0.2) is 4.98 Å². The number of aliphatic hydroxyl groups excluding tert-OH is 1. The highest BCUT2D eigenvalue weighted by Crippen LogP contribution is 2.49. The van der Waals surface area contributed by atoms with Crippen molar-refractivity contribution in [3.8, 4) is 5.75 Å². The van der Waals surface area contributed by atoms with Crippen molar-refractivity contribution in [3.05, 3.63) is 52.2 Å². The van der Waals surface area contributed by atoms with E-state index in [9.17, 15) is 9.90 Å². The predicted molar refractivity (Wildman–Crippen MR) is 98.6 cm³/mol. The third-order valence-corrected chi connectivity index (χ3v) is 5.87. The second-order valence-electron chi connectivity index (χ2n) is 7.59. The summed E-state index contributed by atoms with van der Waals surface area (Å²) in [5.74, 6) is 1.70. The van der Waals surface area contributed by atoms with Gasteiger partial charge in [0.25, 0.3) is 5.56 Å². The van der Waals surface area contributed by atoms with Gasteiger partial charge >= 0.3 is 0 Å². The van der Waals surface area contributed by atoms with Crippen molar-refractivity contribution in [2.24, 2.45) is 12.5 Å². The molecule has 0 aliphatic carbocycles. The van der Waals surface area contributed by atoms with Gasteiger partial charge in [-0.2, -0.15) is 5.10 Å². The second-order valence-corrected chi connectivity index (χ2v) is 7.59. The first-order chi connectivity index (χ1) is 13.1. The molecule has 27 heavy (non-hydrogen) atoms. The van der Waals surface area contributed by atoms with Crippen molar-refractivity contribution in [3.63, 3.8) is 0 Å². The summed E-state index contributed by atoms with van der Waals surface area (Å²) in [5, 5.41) is 14.8. The Hall–Kier alpha value is -2.71. The fourth-order valence-electron chi connectivity index (χ4n) is 4.46. The summed E-state index contributed by atoms with van der Waals surface area (Å²) in [5.41, 5.74) is 1.22. The molecule has 2 aliphatic rings. The number of hydrogen-bond donors (Lipinski definition) is 2.